The summed E-state index contributed by atoms with van der Waals surface area (Å²) in [5.41, 5.74) is 11.2. The van der Waals surface area contributed by atoms with Crippen molar-refractivity contribution in [3.05, 3.63) is 92.8 Å². The smallest absolute Gasteiger partial charge is 0.341 e. The number of aliphatic hydroxyl groups is 2. The Morgan fingerprint density at radius 1 is 1.00 bits per heavy atom. The van der Waals surface area contributed by atoms with Crippen LogP contribution in [-0.2, 0) is 23.8 Å². The van der Waals surface area contributed by atoms with Gasteiger partial charge in [0.2, 0.25) is 5.43 Å². The topological polar surface area (TPSA) is 331 Å². The van der Waals surface area contributed by atoms with Gasteiger partial charge in [-0.2, -0.15) is 5.10 Å². The lowest BCUT2D eigenvalue weighted by Gasteiger charge is -2.37. The number of hydrogen-bond donors (Lipinski definition) is 9. The van der Waals surface area contributed by atoms with Gasteiger partial charge in [-0.3, -0.25) is 24.2 Å². The number of hydrogen-bond acceptors (Lipinski definition) is 19. The van der Waals surface area contributed by atoms with Crippen LogP contribution in [0.1, 0.15) is 91.8 Å². The number of hydrazone groups is 1. The van der Waals surface area contributed by atoms with Crippen molar-refractivity contribution in [2.75, 3.05) is 37.5 Å². The van der Waals surface area contributed by atoms with Crippen molar-refractivity contribution in [2.45, 2.75) is 115 Å². The standard InChI is InChI=1S/C54H64FN7O15/c1-23-10-9-11-24(2)52(71)59-42-31(20-58-60(7)29-14-16-61(21-29)35-19-34-30(18-33(35)55)45(66)32(53(72)73)22-62(34)28-12-13-28)46(67)37-38(47(42)68)44(65)26(4)49-39(37)51(70)54(6,77-49)75-17-15-36(74-8)25(3)50(76-27(5)63)41(57)48(69)40(56)43(23)64/h9-11,15,17-20,22-23,25,28-29,36,40-41,43,48,50,64-65,67-69H,12-14,16,21,56-57H2,1-8H3,(H,59,71)(H,72,73)/b10-9+,17-15?,24-11-,58-20+/t23-,25+,29?,36-,40+,41+,43-,48+,50+,54-/m0/s1. The fourth-order valence-corrected chi connectivity index (χ4v) is 10.3. The van der Waals surface area contributed by atoms with Crippen LogP contribution < -0.4 is 31.8 Å². The molecule has 5 aliphatic rings. The minimum Gasteiger partial charge on any atom is -0.507 e. The Morgan fingerprint density at radius 3 is 2.35 bits per heavy atom. The van der Waals surface area contributed by atoms with Crippen molar-refractivity contribution < 1.29 is 73.2 Å². The van der Waals surface area contributed by atoms with Crippen molar-refractivity contribution in [3.8, 4) is 23.0 Å². The van der Waals surface area contributed by atoms with Crippen molar-refractivity contribution in [1.29, 1.82) is 0 Å². The number of aromatic hydroxyl groups is 3. The fourth-order valence-electron chi connectivity index (χ4n) is 10.3. The number of halogens is 1. The molecule has 0 spiro atoms. The zero-order valence-corrected chi connectivity index (χ0v) is 43.7. The van der Waals surface area contributed by atoms with Crippen LogP contribution in [-0.4, -0.2) is 146 Å². The first-order valence-electron chi connectivity index (χ1n) is 25.0. The molecular weight excluding hydrogens is 1010 g/mol. The van der Waals surface area contributed by atoms with Gasteiger partial charge in [0.15, 0.2) is 5.75 Å². The number of methoxy groups -OCH3 is 1. The number of rotatable bonds is 8. The highest BCUT2D eigenvalue weighted by atomic mass is 19.1. The number of benzene rings is 3. The number of Topliss-reactive ketones (excluding diaryl/α,β-unsaturated/α-hetero) is 1. The third-order valence-electron chi connectivity index (χ3n) is 15.1. The molecule has 2 fully saturated rings. The molecule has 5 heterocycles. The molecule has 0 radical (unpaired) electrons. The number of pyridine rings is 1. The lowest BCUT2D eigenvalue weighted by Crippen LogP contribution is -2.60. The number of phenols is 3. The third kappa shape index (κ3) is 10.3. The van der Waals surface area contributed by atoms with Gasteiger partial charge in [0, 0.05) is 87.1 Å². The first kappa shape index (κ1) is 55.7. The number of carbonyl (C=O) groups excluding carboxylic acids is 3. The maximum absolute atomic E-state index is 16.0. The number of likely N-dealkylation sites (N-methyl/N-ethyl adjacent to an activating group) is 1. The average Bonchev–Trinajstić information content (AvgIpc) is 4.18. The number of aliphatic hydroxyl groups excluding tert-OH is 2. The minimum absolute atomic E-state index is 0.0379. The predicted molar refractivity (Wildman–Crippen MR) is 281 cm³/mol. The van der Waals surface area contributed by atoms with E-state index < -0.39 is 129 Å². The number of carboxylic acid groups (broad SMARTS) is 1. The molecule has 3 aromatic carbocycles. The van der Waals surface area contributed by atoms with Gasteiger partial charge in [-0.25, -0.2) is 9.18 Å². The summed E-state index contributed by atoms with van der Waals surface area (Å²) in [6.07, 6.45) is 5.95. The van der Waals surface area contributed by atoms with Crippen LogP contribution in [0.15, 0.2) is 64.4 Å². The van der Waals surface area contributed by atoms with E-state index in [4.69, 9.17) is 30.4 Å². The molecule has 1 saturated heterocycles. The van der Waals surface area contributed by atoms with Crippen LogP contribution in [0.5, 0.6) is 23.0 Å². The summed E-state index contributed by atoms with van der Waals surface area (Å²) >= 11 is 0. The molecule has 77 heavy (non-hydrogen) atoms. The molecule has 9 rings (SSSR count). The molecule has 1 saturated carbocycles. The summed E-state index contributed by atoms with van der Waals surface area (Å²) in [5.74, 6) is -10.6. The lowest BCUT2D eigenvalue weighted by atomic mass is 9.84. The van der Waals surface area contributed by atoms with Crippen LogP contribution in [0, 0.1) is 24.6 Å². The Morgan fingerprint density at radius 2 is 1.70 bits per heavy atom. The number of nitrogens with two attached hydrogens (primary N) is 2. The number of aromatic carboxylic acids is 1. The molecule has 1 amide bonds. The molecule has 1 aliphatic carbocycles. The number of nitrogens with zero attached hydrogens (tertiary/aromatic N) is 4. The normalized spacial score (nSPS) is 28.4. The fraction of sp³-hybridized carbons (Fsp3) is 0.444. The summed E-state index contributed by atoms with van der Waals surface area (Å²) in [4.78, 5) is 67.9. The second-order valence-corrected chi connectivity index (χ2v) is 20.4. The Kier molecular flexibility index (Phi) is 15.5. The minimum atomic E-state index is -2.18. The van der Waals surface area contributed by atoms with Gasteiger partial charge in [-0.1, -0.05) is 32.1 Å². The molecular formula is C54H64FN7O15. The number of amides is 1. The third-order valence-corrected chi connectivity index (χ3v) is 15.1. The summed E-state index contributed by atoms with van der Waals surface area (Å²) in [7, 11) is 2.96. The highest BCUT2D eigenvalue weighted by Gasteiger charge is 2.50. The van der Waals surface area contributed by atoms with Gasteiger partial charge in [0.25, 0.3) is 11.7 Å². The number of carbonyl (C=O) groups is 4. The van der Waals surface area contributed by atoms with Crippen LogP contribution >= 0.6 is 0 Å². The van der Waals surface area contributed by atoms with Gasteiger partial charge in [0.1, 0.15) is 34.7 Å². The second-order valence-electron chi connectivity index (χ2n) is 20.4. The van der Waals surface area contributed by atoms with Crippen LogP contribution in [0.4, 0.5) is 15.8 Å². The lowest BCUT2D eigenvalue weighted by molar-refractivity contribution is -0.155. The predicted octanol–water partition coefficient (Wildman–Crippen LogP) is 4.17. The average molecular weight is 1070 g/mol. The molecule has 412 valence electrons. The summed E-state index contributed by atoms with van der Waals surface area (Å²) in [6.45, 7) is 9.02. The van der Waals surface area contributed by atoms with Gasteiger partial charge >= 0.3 is 17.7 Å². The zero-order valence-electron chi connectivity index (χ0n) is 43.7. The molecule has 11 N–H and O–H groups in total. The molecule has 22 nitrogen and oxygen atoms in total. The first-order valence-corrected chi connectivity index (χ1v) is 25.0. The van der Waals surface area contributed by atoms with E-state index in [0.29, 0.717) is 18.5 Å². The summed E-state index contributed by atoms with van der Waals surface area (Å²) in [5, 5.41) is 76.6. The summed E-state index contributed by atoms with van der Waals surface area (Å²) in [6, 6.07) is -0.581. The Hall–Kier alpha value is -7.57. The molecule has 4 aliphatic heterocycles. The largest absolute Gasteiger partial charge is 0.507 e. The van der Waals surface area contributed by atoms with Crippen LogP contribution in [0.3, 0.4) is 0 Å². The molecule has 5 bridgehead atoms. The number of allylic oxidation sites excluding steroid dienone is 2. The Bertz CT molecular complexity index is 3260. The molecule has 4 aromatic rings. The number of carboxylic acids is 1. The SMILES string of the molecule is CO[C@H]1C=CO[C@@]2(C)Oc3c(C)c(O)c4c(O)c(c(/C=N/N(C)C5CCN(c6cc7c(cc6F)c(=O)c(C(=O)O)cn7C6CC6)C5)c(O)c4c3C2=O)NC(=O)/C(C)=C\C=C\[C@H](C)[C@H](O)[C@@H](N)[C@@H](O)[C@@H](N)[C@H](OC(C)=O)[C@@H]1C. The zero-order chi connectivity index (χ0) is 56.3. The molecule has 10 atom stereocenters. The number of phenolic OH excluding ortho intramolecular Hbond substituents is 3. The van der Waals surface area contributed by atoms with Crippen molar-refractivity contribution in [3.63, 3.8) is 0 Å². The number of nitrogens with one attached hydrogen (secondary N) is 1. The number of ether oxygens (including phenoxy) is 4. The van der Waals surface area contributed by atoms with Gasteiger partial charge < -0.3 is 75.8 Å². The van der Waals surface area contributed by atoms with E-state index >= 15 is 4.39 Å². The van der Waals surface area contributed by atoms with E-state index in [0.717, 1.165) is 38.3 Å². The monoisotopic (exact) mass is 1070 g/mol. The first-order chi connectivity index (χ1) is 36.3. The number of ketones is 1. The van der Waals surface area contributed by atoms with E-state index in [1.165, 1.54) is 63.4 Å². The number of anilines is 2. The quantitative estimate of drug-likeness (QED) is 0.0393. The van der Waals surface area contributed by atoms with Gasteiger partial charge in [0.05, 0.1) is 82.3 Å². The van der Waals surface area contributed by atoms with Crippen molar-refractivity contribution in [1.82, 2.24) is 9.58 Å². The molecule has 1 unspecified atom stereocenters. The molecule has 23 heteroatoms. The van der Waals surface area contributed by atoms with Gasteiger partial charge in [-0.05, 0) is 51.3 Å². The van der Waals surface area contributed by atoms with E-state index in [-0.39, 0.29) is 57.1 Å². The summed E-state index contributed by atoms with van der Waals surface area (Å²) < 4.78 is 41.1. The number of esters is 1. The van der Waals surface area contributed by atoms with E-state index in [2.05, 4.69) is 10.4 Å². The van der Waals surface area contributed by atoms with Crippen LogP contribution in [0.2, 0.25) is 0 Å². The highest BCUT2D eigenvalue weighted by molar-refractivity contribution is 6.24. The van der Waals surface area contributed by atoms with E-state index in [1.54, 1.807) is 36.4 Å². The van der Waals surface area contributed by atoms with Crippen molar-refractivity contribution in [2.24, 2.45) is 28.4 Å². The highest BCUT2D eigenvalue weighted by Crippen LogP contribution is 2.55. The van der Waals surface area contributed by atoms with Gasteiger partial charge in [-0.15, -0.1) is 0 Å². The Labute approximate surface area is 441 Å². The van der Waals surface area contributed by atoms with E-state index in [9.17, 15) is 54.6 Å². The van der Waals surface area contributed by atoms with E-state index in [1.807, 2.05) is 0 Å². The van der Waals surface area contributed by atoms with Crippen molar-refractivity contribution >= 4 is 62.9 Å². The second kappa shape index (κ2) is 21.5. The van der Waals surface area contributed by atoms with Crippen LogP contribution in [0.25, 0.3) is 21.7 Å². The Balaban J connectivity index is 1.19. The maximum Gasteiger partial charge on any atom is 0.341 e. The number of fused-ring (bicyclic) bond motifs is 15. The molecule has 1 aromatic heterocycles. The maximum atomic E-state index is 16.0. The number of aromatic nitrogens is 1.